The number of phenols is 1. The molecule has 0 saturated heterocycles. The first kappa shape index (κ1) is 19.0. The van der Waals surface area contributed by atoms with Crippen LogP contribution in [0.5, 0.6) is 5.75 Å². The highest BCUT2D eigenvalue weighted by molar-refractivity contribution is 5.96. The Morgan fingerprint density at radius 3 is 2.55 bits per heavy atom. The van der Waals surface area contributed by atoms with E-state index in [0.29, 0.717) is 30.7 Å². The minimum Gasteiger partial charge on any atom is -0.506 e. The van der Waals surface area contributed by atoms with E-state index in [0.717, 1.165) is 29.5 Å². The van der Waals surface area contributed by atoms with Gasteiger partial charge < -0.3 is 15.7 Å². The molecule has 5 heteroatoms. The molecule has 0 bridgehead atoms. The number of anilines is 1. The quantitative estimate of drug-likeness (QED) is 0.317. The van der Waals surface area contributed by atoms with Crippen LogP contribution in [0.15, 0.2) is 77.8 Å². The number of nitrogens with one attached hydrogen (secondary N) is 2. The molecule has 1 saturated carbocycles. The molecule has 0 atom stereocenters. The van der Waals surface area contributed by atoms with Crippen molar-refractivity contribution in [1.82, 2.24) is 5.32 Å². The molecule has 0 radical (unpaired) electrons. The molecule has 29 heavy (non-hydrogen) atoms. The monoisotopic (exact) mass is 389 g/mol. The van der Waals surface area contributed by atoms with Crippen molar-refractivity contribution in [2.45, 2.75) is 25.3 Å². The molecule has 0 amide bonds. The van der Waals surface area contributed by atoms with Gasteiger partial charge in [-0.15, -0.1) is 0 Å². The molecule has 3 aromatic rings. The van der Waals surface area contributed by atoms with Gasteiger partial charge in [-0.05, 0) is 60.2 Å². The summed E-state index contributed by atoms with van der Waals surface area (Å²) in [5.74, 6) is 0.563. The highest BCUT2D eigenvalue weighted by Gasteiger charge is 2.22. The Hall–Kier alpha value is -3.34. The van der Waals surface area contributed by atoms with E-state index in [4.69, 9.17) is 0 Å². The summed E-state index contributed by atoms with van der Waals surface area (Å²) in [7, 11) is 0. The number of rotatable bonds is 6. The molecular formula is C24H24FN3O. The number of phenolic OH excluding ortho intramolecular Hbond substituents is 1. The van der Waals surface area contributed by atoms with E-state index < -0.39 is 0 Å². The fraction of sp³-hybridized carbons (Fsp3) is 0.208. The Labute approximate surface area is 170 Å². The van der Waals surface area contributed by atoms with Crippen LogP contribution in [-0.2, 0) is 6.42 Å². The molecule has 0 aromatic heterocycles. The lowest BCUT2D eigenvalue weighted by molar-refractivity contribution is 0.478. The summed E-state index contributed by atoms with van der Waals surface area (Å²) in [6, 6.07) is 22.5. The Balaban J connectivity index is 1.50. The van der Waals surface area contributed by atoms with Crippen LogP contribution in [0, 0.1) is 5.82 Å². The van der Waals surface area contributed by atoms with Crippen molar-refractivity contribution in [3.8, 4) is 16.9 Å². The smallest absolute Gasteiger partial charge is 0.196 e. The van der Waals surface area contributed by atoms with Crippen molar-refractivity contribution in [3.05, 3.63) is 84.2 Å². The van der Waals surface area contributed by atoms with Gasteiger partial charge in [0.25, 0.3) is 0 Å². The summed E-state index contributed by atoms with van der Waals surface area (Å²) in [5.41, 5.74) is 3.60. The Morgan fingerprint density at radius 1 is 0.966 bits per heavy atom. The largest absolute Gasteiger partial charge is 0.506 e. The van der Waals surface area contributed by atoms with E-state index in [9.17, 15) is 9.50 Å². The summed E-state index contributed by atoms with van der Waals surface area (Å²) in [6.07, 6.45) is 2.87. The molecule has 4 rings (SSSR count). The van der Waals surface area contributed by atoms with Gasteiger partial charge in [0.15, 0.2) is 5.96 Å². The second kappa shape index (κ2) is 8.78. The second-order valence-corrected chi connectivity index (χ2v) is 7.25. The first-order valence-corrected chi connectivity index (χ1v) is 9.88. The standard InChI is InChI=1S/C24H24FN3O/c25-20-8-4-5-17(15-20)13-14-26-24(27-21-10-11-21)28-22-16-19(9-12-23(22)29)18-6-2-1-3-7-18/h1-9,12,15-16,21,29H,10-11,13-14H2,(H2,26,27,28). The van der Waals surface area contributed by atoms with E-state index in [1.807, 2.05) is 48.5 Å². The molecular weight excluding hydrogens is 365 g/mol. The minimum absolute atomic E-state index is 0.167. The molecule has 4 nitrogen and oxygen atoms in total. The summed E-state index contributed by atoms with van der Waals surface area (Å²) in [6.45, 7) is 0.518. The maximum atomic E-state index is 13.4. The Bertz CT molecular complexity index is 1000. The third kappa shape index (κ3) is 5.35. The summed E-state index contributed by atoms with van der Waals surface area (Å²) < 4.78 is 13.4. The van der Waals surface area contributed by atoms with Crippen molar-refractivity contribution in [1.29, 1.82) is 0 Å². The fourth-order valence-electron chi connectivity index (χ4n) is 3.11. The minimum atomic E-state index is -0.233. The highest BCUT2D eigenvalue weighted by Crippen LogP contribution is 2.30. The maximum absolute atomic E-state index is 13.4. The van der Waals surface area contributed by atoms with Crippen LogP contribution >= 0.6 is 0 Å². The zero-order chi connectivity index (χ0) is 20.1. The van der Waals surface area contributed by atoms with Gasteiger partial charge in [0, 0.05) is 12.6 Å². The molecule has 0 spiro atoms. The van der Waals surface area contributed by atoms with Crippen molar-refractivity contribution in [3.63, 3.8) is 0 Å². The summed E-state index contributed by atoms with van der Waals surface area (Å²) >= 11 is 0. The van der Waals surface area contributed by atoms with Crippen LogP contribution < -0.4 is 10.6 Å². The topological polar surface area (TPSA) is 56.6 Å². The number of hydrogen-bond acceptors (Lipinski definition) is 2. The fourth-order valence-corrected chi connectivity index (χ4v) is 3.11. The maximum Gasteiger partial charge on any atom is 0.196 e. The number of hydrogen-bond donors (Lipinski definition) is 3. The SMILES string of the molecule is Oc1ccc(-c2ccccc2)cc1NC(=NCCc1cccc(F)c1)NC1CC1. The van der Waals surface area contributed by atoms with Crippen LogP contribution in [0.4, 0.5) is 10.1 Å². The third-order valence-electron chi connectivity index (χ3n) is 4.83. The number of benzene rings is 3. The normalized spacial score (nSPS) is 13.9. The number of halogens is 1. The molecule has 1 aliphatic carbocycles. The highest BCUT2D eigenvalue weighted by atomic mass is 19.1. The predicted octanol–water partition coefficient (Wildman–Crippen LogP) is 4.96. The van der Waals surface area contributed by atoms with E-state index in [1.54, 1.807) is 12.1 Å². The molecule has 0 unspecified atom stereocenters. The van der Waals surface area contributed by atoms with Gasteiger partial charge in [-0.2, -0.15) is 0 Å². The van der Waals surface area contributed by atoms with E-state index >= 15 is 0 Å². The van der Waals surface area contributed by atoms with Crippen LogP contribution in [0.1, 0.15) is 18.4 Å². The lowest BCUT2D eigenvalue weighted by Gasteiger charge is -2.14. The van der Waals surface area contributed by atoms with Crippen LogP contribution in [-0.4, -0.2) is 23.7 Å². The van der Waals surface area contributed by atoms with Crippen LogP contribution in [0.25, 0.3) is 11.1 Å². The van der Waals surface area contributed by atoms with Gasteiger partial charge >= 0.3 is 0 Å². The van der Waals surface area contributed by atoms with E-state index in [-0.39, 0.29) is 11.6 Å². The Kier molecular flexibility index (Phi) is 5.75. The third-order valence-corrected chi connectivity index (χ3v) is 4.83. The van der Waals surface area contributed by atoms with Gasteiger partial charge in [0.2, 0.25) is 0 Å². The lowest BCUT2D eigenvalue weighted by Crippen LogP contribution is -2.32. The van der Waals surface area contributed by atoms with Gasteiger partial charge in [0.1, 0.15) is 11.6 Å². The van der Waals surface area contributed by atoms with Gasteiger partial charge in [-0.3, -0.25) is 4.99 Å². The number of nitrogens with zero attached hydrogens (tertiary/aromatic N) is 1. The summed E-state index contributed by atoms with van der Waals surface area (Å²) in [5, 5.41) is 16.9. The van der Waals surface area contributed by atoms with E-state index in [1.165, 1.54) is 12.1 Å². The lowest BCUT2D eigenvalue weighted by atomic mass is 10.0. The number of aliphatic imine (C=N–C) groups is 1. The molecule has 1 aliphatic rings. The molecule has 0 aliphatic heterocycles. The first-order chi connectivity index (χ1) is 14.2. The van der Waals surface area contributed by atoms with E-state index in [2.05, 4.69) is 15.6 Å². The zero-order valence-electron chi connectivity index (χ0n) is 16.1. The molecule has 0 heterocycles. The summed E-state index contributed by atoms with van der Waals surface area (Å²) in [4.78, 5) is 4.63. The van der Waals surface area contributed by atoms with Crippen LogP contribution in [0.2, 0.25) is 0 Å². The first-order valence-electron chi connectivity index (χ1n) is 9.88. The van der Waals surface area contributed by atoms with Gasteiger partial charge in [0.05, 0.1) is 5.69 Å². The molecule has 3 aromatic carbocycles. The van der Waals surface area contributed by atoms with Gasteiger partial charge in [-0.25, -0.2) is 4.39 Å². The van der Waals surface area contributed by atoms with Crippen LogP contribution in [0.3, 0.4) is 0 Å². The average molecular weight is 389 g/mol. The molecule has 148 valence electrons. The second-order valence-electron chi connectivity index (χ2n) is 7.25. The number of aromatic hydroxyl groups is 1. The average Bonchev–Trinajstić information content (AvgIpc) is 3.54. The van der Waals surface area contributed by atoms with Crippen molar-refractivity contribution in [2.24, 2.45) is 4.99 Å². The van der Waals surface area contributed by atoms with Crippen molar-refractivity contribution in [2.75, 3.05) is 11.9 Å². The zero-order valence-corrected chi connectivity index (χ0v) is 16.1. The Morgan fingerprint density at radius 2 is 1.79 bits per heavy atom. The van der Waals surface area contributed by atoms with Gasteiger partial charge in [-0.1, -0.05) is 48.5 Å². The predicted molar refractivity (Wildman–Crippen MR) is 116 cm³/mol. The molecule has 1 fully saturated rings. The van der Waals surface area contributed by atoms with Crippen molar-refractivity contribution < 1.29 is 9.50 Å². The van der Waals surface area contributed by atoms with Crippen molar-refractivity contribution >= 4 is 11.6 Å². The molecule has 3 N–H and O–H groups in total. The number of guanidine groups is 1.